The van der Waals surface area contributed by atoms with E-state index in [4.69, 9.17) is 23.2 Å². The summed E-state index contributed by atoms with van der Waals surface area (Å²) in [6, 6.07) is 5.15. The fourth-order valence-corrected chi connectivity index (χ4v) is 3.91. The van der Waals surface area contributed by atoms with Crippen LogP contribution in [-0.2, 0) is 4.79 Å². The highest BCUT2D eigenvalue weighted by atomic mass is 35.5. The Morgan fingerprint density at radius 3 is 2.58 bits per heavy atom. The van der Waals surface area contributed by atoms with Gasteiger partial charge in [0, 0.05) is 32.6 Å². The van der Waals surface area contributed by atoms with Gasteiger partial charge in [0.15, 0.2) is 0 Å². The molecule has 0 spiro atoms. The van der Waals surface area contributed by atoms with Crippen molar-refractivity contribution in [2.75, 3.05) is 26.2 Å². The van der Waals surface area contributed by atoms with E-state index in [9.17, 15) is 9.59 Å². The van der Waals surface area contributed by atoms with Crippen LogP contribution in [0.25, 0.3) is 0 Å². The number of hydrogen-bond acceptors (Lipinski definition) is 2. The zero-order chi connectivity index (χ0) is 17.1. The van der Waals surface area contributed by atoms with E-state index >= 15 is 0 Å². The van der Waals surface area contributed by atoms with Crippen LogP contribution in [0.1, 0.15) is 42.5 Å². The number of piperidine rings is 2. The maximum absolute atomic E-state index is 12.6. The van der Waals surface area contributed by atoms with Crippen LogP contribution < -0.4 is 0 Å². The number of rotatable bonds is 3. The number of carbonyl (C=O) groups excluding carboxylic acids is 2. The highest BCUT2D eigenvalue weighted by Crippen LogP contribution is 2.28. The summed E-state index contributed by atoms with van der Waals surface area (Å²) >= 11 is 12.2. The molecule has 24 heavy (non-hydrogen) atoms. The smallest absolute Gasteiger partial charge is 0.255 e. The standard InChI is InChI=1S/C18H22Cl2N2O2/c19-15-5-3-4-14(17(15)20)18(24)21-10-7-13(8-11-21)12-22-9-2-1-6-16(22)23/h3-5,13H,1-2,6-12H2. The first-order valence-electron chi connectivity index (χ1n) is 8.57. The predicted octanol–water partition coefficient (Wildman–Crippen LogP) is 3.86. The second kappa shape index (κ2) is 7.75. The average Bonchev–Trinajstić information content (AvgIpc) is 2.59. The van der Waals surface area contributed by atoms with Gasteiger partial charge in [-0.1, -0.05) is 29.3 Å². The number of likely N-dealkylation sites (tertiary alicyclic amines) is 2. The van der Waals surface area contributed by atoms with E-state index in [2.05, 4.69) is 0 Å². The van der Waals surface area contributed by atoms with Crippen LogP contribution in [0, 0.1) is 5.92 Å². The van der Waals surface area contributed by atoms with Gasteiger partial charge in [-0.25, -0.2) is 0 Å². The third-order valence-electron chi connectivity index (χ3n) is 4.98. The monoisotopic (exact) mass is 368 g/mol. The Hall–Kier alpha value is -1.26. The lowest BCUT2D eigenvalue weighted by atomic mass is 9.94. The van der Waals surface area contributed by atoms with Gasteiger partial charge in [0.25, 0.3) is 5.91 Å². The summed E-state index contributed by atoms with van der Waals surface area (Å²) in [5, 5.41) is 0.728. The summed E-state index contributed by atoms with van der Waals surface area (Å²) in [6.07, 6.45) is 4.66. The lowest BCUT2D eigenvalue weighted by molar-refractivity contribution is -0.134. The molecule has 130 valence electrons. The Balaban J connectivity index is 1.55. The molecular formula is C18H22Cl2N2O2. The van der Waals surface area contributed by atoms with Crippen molar-refractivity contribution in [3.63, 3.8) is 0 Å². The van der Waals surface area contributed by atoms with Crippen LogP contribution in [0.4, 0.5) is 0 Å². The molecule has 0 bridgehead atoms. The second-order valence-corrected chi connectivity index (χ2v) is 7.42. The van der Waals surface area contributed by atoms with E-state index in [0.717, 1.165) is 38.8 Å². The first-order valence-corrected chi connectivity index (χ1v) is 9.33. The number of nitrogens with zero attached hydrogens (tertiary/aromatic N) is 2. The van der Waals surface area contributed by atoms with Crippen LogP contribution in [0.15, 0.2) is 18.2 Å². The molecule has 0 radical (unpaired) electrons. The zero-order valence-electron chi connectivity index (χ0n) is 13.6. The molecule has 2 fully saturated rings. The fraction of sp³-hybridized carbons (Fsp3) is 0.556. The van der Waals surface area contributed by atoms with Crippen LogP contribution in [0.3, 0.4) is 0 Å². The third-order valence-corrected chi connectivity index (χ3v) is 5.80. The molecule has 2 aliphatic rings. The van der Waals surface area contributed by atoms with Gasteiger partial charge in [-0.15, -0.1) is 0 Å². The molecule has 6 heteroatoms. The van der Waals surface area contributed by atoms with Crippen molar-refractivity contribution >= 4 is 35.0 Å². The number of hydrogen-bond donors (Lipinski definition) is 0. The molecule has 1 aromatic rings. The van der Waals surface area contributed by atoms with Gasteiger partial charge in [0.1, 0.15) is 0 Å². The van der Waals surface area contributed by atoms with Crippen molar-refractivity contribution in [3.8, 4) is 0 Å². The molecule has 2 heterocycles. The minimum Gasteiger partial charge on any atom is -0.342 e. The topological polar surface area (TPSA) is 40.6 Å². The molecular weight excluding hydrogens is 347 g/mol. The molecule has 2 aliphatic heterocycles. The number of carbonyl (C=O) groups is 2. The van der Waals surface area contributed by atoms with Gasteiger partial charge in [-0.05, 0) is 43.7 Å². The minimum atomic E-state index is -0.0602. The van der Waals surface area contributed by atoms with E-state index in [1.54, 1.807) is 18.2 Å². The van der Waals surface area contributed by atoms with Crippen LogP contribution in [0.5, 0.6) is 0 Å². The van der Waals surface area contributed by atoms with E-state index in [0.29, 0.717) is 41.0 Å². The molecule has 0 saturated carbocycles. The third kappa shape index (κ3) is 3.86. The van der Waals surface area contributed by atoms with Gasteiger partial charge in [0.2, 0.25) is 5.91 Å². The van der Waals surface area contributed by atoms with Crippen molar-refractivity contribution in [1.29, 1.82) is 0 Å². The molecule has 3 rings (SSSR count). The Morgan fingerprint density at radius 1 is 1.12 bits per heavy atom. The molecule has 4 nitrogen and oxygen atoms in total. The first kappa shape index (κ1) is 17.6. The van der Waals surface area contributed by atoms with Gasteiger partial charge < -0.3 is 9.80 Å². The maximum atomic E-state index is 12.6. The summed E-state index contributed by atoms with van der Waals surface area (Å²) in [7, 11) is 0. The van der Waals surface area contributed by atoms with Gasteiger partial charge >= 0.3 is 0 Å². The summed E-state index contributed by atoms with van der Waals surface area (Å²) < 4.78 is 0. The Kier molecular flexibility index (Phi) is 5.67. The van der Waals surface area contributed by atoms with Crippen molar-refractivity contribution in [1.82, 2.24) is 9.80 Å². The number of amides is 2. The van der Waals surface area contributed by atoms with Crippen LogP contribution in [0.2, 0.25) is 10.0 Å². The second-order valence-electron chi connectivity index (χ2n) is 6.63. The molecule has 0 atom stereocenters. The van der Waals surface area contributed by atoms with Crippen molar-refractivity contribution < 1.29 is 9.59 Å². The average molecular weight is 369 g/mol. The Morgan fingerprint density at radius 2 is 1.88 bits per heavy atom. The number of benzene rings is 1. The van der Waals surface area contributed by atoms with E-state index in [1.165, 1.54) is 0 Å². The zero-order valence-corrected chi connectivity index (χ0v) is 15.2. The molecule has 2 saturated heterocycles. The lowest BCUT2D eigenvalue weighted by Gasteiger charge is -2.36. The SMILES string of the molecule is O=C1CCCCN1CC1CCN(C(=O)c2cccc(Cl)c2Cl)CC1. The minimum absolute atomic E-state index is 0.0602. The van der Waals surface area contributed by atoms with Crippen LogP contribution in [-0.4, -0.2) is 47.8 Å². The van der Waals surface area contributed by atoms with E-state index in [-0.39, 0.29) is 11.8 Å². The predicted molar refractivity (Wildman–Crippen MR) is 95.5 cm³/mol. The molecule has 0 N–H and O–H groups in total. The number of halogens is 2. The van der Waals surface area contributed by atoms with Crippen molar-refractivity contribution in [3.05, 3.63) is 33.8 Å². The van der Waals surface area contributed by atoms with E-state index < -0.39 is 0 Å². The van der Waals surface area contributed by atoms with Crippen molar-refractivity contribution in [2.24, 2.45) is 5.92 Å². The Labute approximate surface area is 152 Å². The first-order chi connectivity index (χ1) is 11.6. The highest BCUT2D eigenvalue weighted by molar-refractivity contribution is 6.43. The summed E-state index contributed by atoms with van der Waals surface area (Å²) in [5.41, 5.74) is 0.467. The van der Waals surface area contributed by atoms with Gasteiger partial charge in [-0.2, -0.15) is 0 Å². The van der Waals surface area contributed by atoms with Crippen molar-refractivity contribution in [2.45, 2.75) is 32.1 Å². The summed E-state index contributed by atoms with van der Waals surface area (Å²) in [4.78, 5) is 28.4. The largest absolute Gasteiger partial charge is 0.342 e. The van der Waals surface area contributed by atoms with Gasteiger partial charge in [0.05, 0.1) is 15.6 Å². The quantitative estimate of drug-likeness (QED) is 0.812. The molecule has 0 unspecified atom stereocenters. The fourth-order valence-electron chi connectivity index (χ4n) is 3.52. The Bertz CT molecular complexity index is 627. The lowest BCUT2D eigenvalue weighted by Crippen LogP contribution is -2.44. The molecule has 1 aromatic carbocycles. The molecule has 0 aliphatic carbocycles. The van der Waals surface area contributed by atoms with Gasteiger partial charge in [-0.3, -0.25) is 9.59 Å². The van der Waals surface area contributed by atoms with Crippen LogP contribution >= 0.6 is 23.2 Å². The highest BCUT2D eigenvalue weighted by Gasteiger charge is 2.28. The molecule has 0 aromatic heterocycles. The normalized spacial score (nSPS) is 19.7. The maximum Gasteiger partial charge on any atom is 0.255 e. The van der Waals surface area contributed by atoms with E-state index in [1.807, 2.05) is 9.80 Å². The molecule has 2 amide bonds. The summed E-state index contributed by atoms with van der Waals surface area (Å²) in [6.45, 7) is 3.12. The summed E-state index contributed by atoms with van der Waals surface area (Å²) in [5.74, 6) is 0.700.